The number of nitrogens with one attached hydrogen (secondary N) is 1. The van der Waals surface area contributed by atoms with Crippen molar-refractivity contribution in [3.05, 3.63) is 33.9 Å². The van der Waals surface area contributed by atoms with E-state index in [0.29, 0.717) is 24.3 Å². The normalized spacial score (nSPS) is 23.0. The van der Waals surface area contributed by atoms with Gasteiger partial charge in [0.15, 0.2) is 5.82 Å². The summed E-state index contributed by atoms with van der Waals surface area (Å²) in [5.74, 6) is -1.99. The van der Waals surface area contributed by atoms with Crippen LogP contribution in [0.5, 0.6) is 0 Å². The zero-order valence-electron chi connectivity index (χ0n) is 15.3. The van der Waals surface area contributed by atoms with Crippen molar-refractivity contribution in [3.8, 4) is 0 Å². The summed E-state index contributed by atoms with van der Waals surface area (Å²) in [5, 5.41) is 12.7. The quantitative estimate of drug-likeness (QED) is 0.710. The Balaban J connectivity index is 1.97. The van der Waals surface area contributed by atoms with Gasteiger partial charge in [-0.2, -0.15) is 0 Å². The van der Waals surface area contributed by atoms with Gasteiger partial charge in [0.1, 0.15) is 5.56 Å². The predicted octanol–water partition coefficient (Wildman–Crippen LogP) is 1.94. The number of fused-ring (bicyclic) bond motifs is 1. The maximum Gasteiger partial charge on any atom is 0.341 e. The third-order valence-corrected chi connectivity index (χ3v) is 5.35. The van der Waals surface area contributed by atoms with Crippen molar-refractivity contribution in [3.63, 3.8) is 0 Å². The molecule has 2 aromatic rings. The minimum Gasteiger partial charge on any atom is -0.477 e. The molecule has 1 aliphatic heterocycles. The van der Waals surface area contributed by atoms with Crippen LogP contribution in [0.25, 0.3) is 10.9 Å². The molecule has 7 nitrogen and oxygen atoms in total. The average molecular weight is 374 g/mol. The summed E-state index contributed by atoms with van der Waals surface area (Å²) in [6.07, 6.45) is 3.16. The van der Waals surface area contributed by atoms with E-state index >= 15 is 4.39 Å². The highest BCUT2D eigenvalue weighted by Crippen LogP contribution is 2.40. The SMILES string of the molecule is CC1CN(c2cc3c(c(N)c2F)c(=O)c(C(=O)O)cn3C2CC2)CC(C)N1. The molecule has 27 heavy (non-hydrogen) atoms. The van der Waals surface area contributed by atoms with E-state index in [1.165, 1.54) is 6.20 Å². The molecule has 1 aliphatic carbocycles. The fourth-order valence-electron chi connectivity index (χ4n) is 4.06. The molecular formula is C19H23FN4O3. The van der Waals surface area contributed by atoms with Gasteiger partial charge < -0.3 is 25.6 Å². The van der Waals surface area contributed by atoms with E-state index < -0.39 is 17.2 Å². The summed E-state index contributed by atoms with van der Waals surface area (Å²) >= 11 is 0. The second-order valence-electron chi connectivity index (χ2n) is 7.71. The smallest absolute Gasteiger partial charge is 0.341 e. The predicted molar refractivity (Wildman–Crippen MR) is 102 cm³/mol. The largest absolute Gasteiger partial charge is 0.477 e. The molecule has 1 saturated carbocycles. The number of nitrogens with zero attached hydrogens (tertiary/aromatic N) is 2. The van der Waals surface area contributed by atoms with Gasteiger partial charge >= 0.3 is 5.97 Å². The Morgan fingerprint density at radius 3 is 2.48 bits per heavy atom. The number of halogens is 1. The lowest BCUT2D eigenvalue weighted by molar-refractivity contribution is 0.0695. The van der Waals surface area contributed by atoms with Crippen molar-refractivity contribution in [2.24, 2.45) is 0 Å². The molecule has 1 saturated heterocycles. The van der Waals surface area contributed by atoms with Gasteiger partial charge in [-0.05, 0) is 32.8 Å². The molecule has 0 amide bonds. The molecule has 4 rings (SSSR count). The number of piperazine rings is 1. The summed E-state index contributed by atoms with van der Waals surface area (Å²) < 4.78 is 16.9. The van der Waals surface area contributed by atoms with Crippen molar-refractivity contribution in [1.29, 1.82) is 0 Å². The van der Waals surface area contributed by atoms with Gasteiger partial charge in [0.2, 0.25) is 5.43 Å². The molecule has 0 spiro atoms. The topological polar surface area (TPSA) is 101 Å². The van der Waals surface area contributed by atoms with Crippen LogP contribution in [0.2, 0.25) is 0 Å². The van der Waals surface area contributed by atoms with Crippen LogP contribution in [0.1, 0.15) is 43.1 Å². The van der Waals surface area contributed by atoms with Gasteiger partial charge in [0, 0.05) is 37.4 Å². The van der Waals surface area contributed by atoms with Crippen molar-refractivity contribution in [2.75, 3.05) is 23.7 Å². The molecule has 2 unspecified atom stereocenters. The Morgan fingerprint density at radius 1 is 1.30 bits per heavy atom. The minimum atomic E-state index is -1.33. The lowest BCUT2D eigenvalue weighted by Crippen LogP contribution is -2.54. The van der Waals surface area contributed by atoms with Crippen LogP contribution in [0.4, 0.5) is 15.8 Å². The van der Waals surface area contributed by atoms with Crippen molar-refractivity contribution < 1.29 is 14.3 Å². The lowest BCUT2D eigenvalue weighted by atomic mass is 10.0. The number of nitrogen functional groups attached to an aromatic ring is 1. The van der Waals surface area contributed by atoms with E-state index in [0.717, 1.165) is 12.8 Å². The number of carbonyl (C=O) groups is 1. The van der Waals surface area contributed by atoms with Crippen molar-refractivity contribution in [2.45, 2.75) is 44.8 Å². The van der Waals surface area contributed by atoms with Crippen LogP contribution in [0.3, 0.4) is 0 Å². The molecular weight excluding hydrogens is 351 g/mol. The summed E-state index contributed by atoms with van der Waals surface area (Å²) in [6, 6.07) is 2.14. The molecule has 2 fully saturated rings. The molecule has 0 bridgehead atoms. The van der Waals surface area contributed by atoms with Crippen molar-refractivity contribution in [1.82, 2.24) is 9.88 Å². The van der Waals surface area contributed by atoms with Crippen LogP contribution in [0.15, 0.2) is 17.1 Å². The monoisotopic (exact) mass is 374 g/mol. The summed E-state index contributed by atoms with van der Waals surface area (Å²) in [4.78, 5) is 26.1. The van der Waals surface area contributed by atoms with Gasteiger partial charge in [-0.3, -0.25) is 4.79 Å². The number of anilines is 2. The Hall–Kier alpha value is -2.61. The van der Waals surface area contributed by atoms with Crippen LogP contribution < -0.4 is 21.4 Å². The Labute approximate surface area is 155 Å². The number of carboxylic acid groups (broad SMARTS) is 1. The highest BCUT2D eigenvalue weighted by atomic mass is 19.1. The first kappa shape index (κ1) is 17.8. The third-order valence-electron chi connectivity index (χ3n) is 5.35. The Bertz CT molecular complexity index is 989. The maximum atomic E-state index is 15.1. The molecule has 8 heteroatoms. The molecule has 0 radical (unpaired) electrons. The van der Waals surface area contributed by atoms with E-state index in [1.807, 2.05) is 18.7 Å². The number of hydrogen-bond donors (Lipinski definition) is 3. The fourth-order valence-corrected chi connectivity index (χ4v) is 4.06. The third kappa shape index (κ3) is 2.93. The number of hydrogen-bond acceptors (Lipinski definition) is 5. The van der Waals surface area contributed by atoms with Crippen LogP contribution >= 0.6 is 0 Å². The van der Waals surface area contributed by atoms with E-state index in [2.05, 4.69) is 5.32 Å². The standard InChI is InChI=1S/C19H23FN4O3/c1-9-6-23(7-10(2)22-9)14-5-13-15(17(21)16(14)20)18(25)12(19(26)27)8-24(13)11-3-4-11/h5,8-11,22H,3-4,6-7,21H2,1-2H3,(H,26,27). The zero-order chi connectivity index (χ0) is 19.5. The van der Waals surface area contributed by atoms with Gasteiger partial charge in [-0.15, -0.1) is 0 Å². The summed E-state index contributed by atoms with van der Waals surface area (Å²) in [7, 11) is 0. The molecule has 4 N–H and O–H groups in total. The molecule has 1 aromatic carbocycles. The van der Waals surface area contributed by atoms with E-state index in [4.69, 9.17) is 5.73 Å². The highest BCUT2D eigenvalue weighted by molar-refractivity contribution is 5.99. The first-order valence-electron chi connectivity index (χ1n) is 9.19. The fraction of sp³-hybridized carbons (Fsp3) is 0.474. The Morgan fingerprint density at radius 2 is 1.93 bits per heavy atom. The highest BCUT2D eigenvalue weighted by Gasteiger charge is 2.30. The number of nitrogens with two attached hydrogens (primary N) is 1. The van der Waals surface area contributed by atoms with Gasteiger partial charge in [-0.25, -0.2) is 9.18 Å². The zero-order valence-corrected chi connectivity index (χ0v) is 15.3. The molecule has 1 aromatic heterocycles. The Kier molecular flexibility index (Phi) is 4.10. The first-order valence-corrected chi connectivity index (χ1v) is 9.19. The number of aromatic carboxylic acids is 1. The van der Waals surface area contributed by atoms with Crippen LogP contribution in [-0.4, -0.2) is 40.8 Å². The molecule has 2 atom stereocenters. The van der Waals surface area contributed by atoms with Crippen molar-refractivity contribution >= 4 is 28.2 Å². The second kappa shape index (κ2) is 6.23. The van der Waals surface area contributed by atoms with E-state index in [-0.39, 0.29) is 34.8 Å². The van der Waals surface area contributed by atoms with E-state index in [9.17, 15) is 14.7 Å². The molecule has 2 aliphatic rings. The molecule has 144 valence electrons. The van der Waals surface area contributed by atoms with Crippen LogP contribution in [0, 0.1) is 5.82 Å². The van der Waals surface area contributed by atoms with Gasteiger partial charge in [-0.1, -0.05) is 0 Å². The second-order valence-corrected chi connectivity index (χ2v) is 7.71. The maximum absolute atomic E-state index is 15.1. The summed E-state index contributed by atoms with van der Waals surface area (Å²) in [6.45, 7) is 5.30. The van der Waals surface area contributed by atoms with Gasteiger partial charge in [0.25, 0.3) is 0 Å². The van der Waals surface area contributed by atoms with E-state index in [1.54, 1.807) is 10.6 Å². The number of carboxylic acids is 1. The number of rotatable bonds is 3. The first-order chi connectivity index (χ1) is 12.8. The molecule has 2 heterocycles. The average Bonchev–Trinajstić information content (AvgIpc) is 3.41. The number of aromatic nitrogens is 1. The number of benzene rings is 1. The minimum absolute atomic E-state index is 0.0423. The number of pyridine rings is 1. The van der Waals surface area contributed by atoms with Crippen LogP contribution in [-0.2, 0) is 0 Å². The lowest BCUT2D eigenvalue weighted by Gasteiger charge is -2.38. The summed E-state index contributed by atoms with van der Waals surface area (Å²) in [5.41, 5.74) is 5.50. The van der Waals surface area contributed by atoms with Gasteiger partial charge in [0.05, 0.1) is 22.3 Å².